The van der Waals surface area contributed by atoms with Crippen LogP contribution < -0.4 is 0 Å². The SMILES string of the molecule is O=C(O)/C(=C\c1ccccc1F)c1ccc(O)cc1. The highest BCUT2D eigenvalue weighted by Crippen LogP contribution is 2.22. The average Bonchev–Trinajstić information content (AvgIpc) is 2.39. The van der Waals surface area contributed by atoms with Crippen LogP contribution in [0, 0.1) is 5.82 Å². The molecule has 2 aromatic rings. The average molecular weight is 258 g/mol. The third kappa shape index (κ3) is 2.98. The number of hydrogen-bond donors (Lipinski definition) is 2. The molecular weight excluding hydrogens is 247 g/mol. The van der Waals surface area contributed by atoms with Gasteiger partial charge in [-0.25, -0.2) is 9.18 Å². The Morgan fingerprint density at radius 1 is 1.05 bits per heavy atom. The predicted molar refractivity (Wildman–Crippen MR) is 70.0 cm³/mol. The second-order valence-corrected chi connectivity index (χ2v) is 3.93. The van der Waals surface area contributed by atoms with Gasteiger partial charge in [0.2, 0.25) is 0 Å². The van der Waals surface area contributed by atoms with E-state index >= 15 is 0 Å². The van der Waals surface area contributed by atoms with Gasteiger partial charge in [-0.05, 0) is 29.8 Å². The molecule has 0 spiro atoms. The first kappa shape index (κ1) is 12.8. The van der Waals surface area contributed by atoms with Crippen molar-refractivity contribution in [2.24, 2.45) is 0 Å². The van der Waals surface area contributed by atoms with Gasteiger partial charge in [0, 0.05) is 5.56 Å². The Morgan fingerprint density at radius 2 is 1.68 bits per heavy atom. The second kappa shape index (κ2) is 5.35. The van der Waals surface area contributed by atoms with Crippen molar-refractivity contribution in [2.75, 3.05) is 0 Å². The summed E-state index contributed by atoms with van der Waals surface area (Å²) < 4.78 is 13.5. The van der Waals surface area contributed by atoms with E-state index in [1.165, 1.54) is 48.5 Å². The van der Waals surface area contributed by atoms with E-state index in [1.54, 1.807) is 6.07 Å². The molecule has 0 fully saturated rings. The molecule has 2 N–H and O–H groups in total. The molecule has 0 saturated heterocycles. The van der Waals surface area contributed by atoms with Crippen LogP contribution in [-0.2, 0) is 4.79 Å². The van der Waals surface area contributed by atoms with Crippen molar-refractivity contribution in [2.45, 2.75) is 0 Å². The van der Waals surface area contributed by atoms with Gasteiger partial charge in [-0.15, -0.1) is 0 Å². The van der Waals surface area contributed by atoms with Gasteiger partial charge in [0.1, 0.15) is 11.6 Å². The van der Waals surface area contributed by atoms with Crippen LogP contribution in [0.5, 0.6) is 5.75 Å². The summed E-state index contributed by atoms with van der Waals surface area (Å²) in [4.78, 5) is 11.2. The zero-order chi connectivity index (χ0) is 13.8. The Labute approximate surface area is 109 Å². The highest BCUT2D eigenvalue weighted by molar-refractivity contribution is 6.20. The summed E-state index contributed by atoms with van der Waals surface area (Å²) in [6, 6.07) is 11.6. The zero-order valence-corrected chi connectivity index (χ0v) is 9.88. The maximum absolute atomic E-state index is 13.5. The Balaban J connectivity index is 2.50. The van der Waals surface area contributed by atoms with Crippen LogP contribution >= 0.6 is 0 Å². The van der Waals surface area contributed by atoms with E-state index in [9.17, 15) is 19.4 Å². The van der Waals surface area contributed by atoms with Gasteiger partial charge in [0.05, 0.1) is 5.57 Å². The lowest BCUT2D eigenvalue weighted by molar-refractivity contribution is -0.130. The number of hydrogen-bond acceptors (Lipinski definition) is 2. The molecular formula is C15H11FO3. The summed E-state index contributed by atoms with van der Waals surface area (Å²) in [7, 11) is 0. The highest BCUT2D eigenvalue weighted by Gasteiger charge is 2.11. The molecule has 4 heteroatoms. The van der Waals surface area contributed by atoms with Crippen LogP contribution in [0.1, 0.15) is 11.1 Å². The van der Waals surface area contributed by atoms with Gasteiger partial charge in [0.25, 0.3) is 0 Å². The normalized spacial score (nSPS) is 11.3. The first-order valence-corrected chi connectivity index (χ1v) is 5.57. The van der Waals surface area contributed by atoms with Crippen LogP contribution in [0.3, 0.4) is 0 Å². The largest absolute Gasteiger partial charge is 0.508 e. The molecule has 0 saturated carbocycles. The Kier molecular flexibility index (Phi) is 3.61. The fourth-order valence-electron chi connectivity index (χ4n) is 1.66. The van der Waals surface area contributed by atoms with Gasteiger partial charge in [-0.3, -0.25) is 0 Å². The van der Waals surface area contributed by atoms with Crippen LogP contribution in [-0.4, -0.2) is 16.2 Å². The molecule has 0 atom stereocenters. The molecule has 0 radical (unpaired) electrons. The van der Waals surface area contributed by atoms with Crippen LogP contribution in [0.4, 0.5) is 4.39 Å². The van der Waals surface area contributed by atoms with E-state index in [0.717, 1.165) is 0 Å². The van der Waals surface area contributed by atoms with Gasteiger partial charge >= 0.3 is 5.97 Å². The number of phenols is 1. The number of phenolic OH excluding ortho intramolecular Hbond substituents is 1. The molecule has 2 rings (SSSR count). The quantitative estimate of drug-likeness (QED) is 0.656. The maximum Gasteiger partial charge on any atom is 0.336 e. The smallest absolute Gasteiger partial charge is 0.336 e. The summed E-state index contributed by atoms with van der Waals surface area (Å²) in [5, 5.41) is 18.4. The van der Waals surface area contributed by atoms with E-state index in [-0.39, 0.29) is 16.9 Å². The molecule has 0 aliphatic heterocycles. The molecule has 3 nitrogen and oxygen atoms in total. The summed E-state index contributed by atoms with van der Waals surface area (Å²) >= 11 is 0. The van der Waals surface area contributed by atoms with Gasteiger partial charge < -0.3 is 10.2 Å². The van der Waals surface area contributed by atoms with Crippen LogP contribution in [0.2, 0.25) is 0 Å². The fraction of sp³-hybridized carbons (Fsp3) is 0. The third-order valence-electron chi connectivity index (χ3n) is 2.61. The number of carboxylic acid groups (broad SMARTS) is 1. The summed E-state index contributed by atoms with van der Waals surface area (Å²) in [5.74, 6) is -1.60. The first-order valence-electron chi connectivity index (χ1n) is 5.57. The minimum atomic E-state index is -1.16. The number of rotatable bonds is 3. The van der Waals surface area contributed by atoms with E-state index in [1.807, 2.05) is 0 Å². The van der Waals surface area contributed by atoms with Gasteiger partial charge in [0.15, 0.2) is 0 Å². The van der Waals surface area contributed by atoms with Crippen LogP contribution in [0.25, 0.3) is 11.6 Å². The third-order valence-corrected chi connectivity index (χ3v) is 2.61. The zero-order valence-electron chi connectivity index (χ0n) is 9.88. The number of halogens is 1. The Morgan fingerprint density at radius 3 is 2.26 bits per heavy atom. The molecule has 0 aliphatic carbocycles. The minimum absolute atomic E-state index is 0.0369. The van der Waals surface area contributed by atoms with Crippen molar-refractivity contribution in [1.82, 2.24) is 0 Å². The van der Waals surface area contributed by atoms with Crippen molar-refractivity contribution in [1.29, 1.82) is 0 Å². The standard InChI is InChI=1S/C15H11FO3/c16-14-4-2-1-3-11(14)9-13(15(18)19)10-5-7-12(17)8-6-10/h1-9,17H,(H,18,19)/b13-9-. The van der Waals surface area contributed by atoms with E-state index in [0.29, 0.717) is 5.56 Å². The van der Waals surface area contributed by atoms with E-state index in [2.05, 4.69) is 0 Å². The van der Waals surface area contributed by atoms with Crippen LogP contribution in [0.15, 0.2) is 48.5 Å². The highest BCUT2D eigenvalue weighted by atomic mass is 19.1. The van der Waals surface area contributed by atoms with Crippen molar-refractivity contribution in [3.05, 3.63) is 65.5 Å². The summed E-state index contributed by atoms with van der Waals surface area (Å²) in [6.07, 6.45) is 1.27. The number of benzene rings is 2. The molecule has 0 aromatic heterocycles. The molecule has 0 bridgehead atoms. The monoisotopic (exact) mass is 258 g/mol. The molecule has 96 valence electrons. The molecule has 0 amide bonds. The fourth-order valence-corrected chi connectivity index (χ4v) is 1.66. The minimum Gasteiger partial charge on any atom is -0.508 e. The van der Waals surface area contributed by atoms with Crippen molar-refractivity contribution in [3.63, 3.8) is 0 Å². The van der Waals surface area contributed by atoms with Gasteiger partial charge in [-0.1, -0.05) is 30.3 Å². The number of carbonyl (C=O) groups is 1. The van der Waals surface area contributed by atoms with Crippen molar-refractivity contribution < 1.29 is 19.4 Å². The predicted octanol–water partition coefficient (Wildman–Crippen LogP) is 3.16. The lowest BCUT2D eigenvalue weighted by Crippen LogP contribution is -1.99. The van der Waals surface area contributed by atoms with Crippen molar-refractivity contribution >= 4 is 17.6 Å². The second-order valence-electron chi connectivity index (χ2n) is 3.93. The molecule has 2 aromatic carbocycles. The number of carboxylic acids is 1. The lowest BCUT2D eigenvalue weighted by atomic mass is 10.0. The topological polar surface area (TPSA) is 57.5 Å². The maximum atomic E-state index is 13.5. The van der Waals surface area contributed by atoms with E-state index < -0.39 is 11.8 Å². The Hall–Kier alpha value is -2.62. The summed E-state index contributed by atoms with van der Waals surface area (Å²) in [5.41, 5.74) is 0.562. The van der Waals surface area contributed by atoms with Crippen molar-refractivity contribution in [3.8, 4) is 5.75 Å². The molecule has 19 heavy (non-hydrogen) atoms. The summed E-state index contributed by atoms with van der Waals surface area (Å²) in [6.45, 7) is 0. The van der Waals surface area contributed by atoms with E-state index in [4.69, 9.17) is 0 Å². The van der Waals surface area contributed by atoms with Gasteiger partial charge in [-0.2, -0.15) is 0 Å². The first-order chi connectivity index (χ1) is 9.08. The number of aromatic hydroxyl groups is 1. The number of aliphatic carboxylic acids is 1. The lowest BCUT2D eigenvalue weighted by Gasteiger charge is -2.04. The Bertz CT molecular complexity index is 630. The molecule has 0 aliphatic rings. The molecule has 0 heterocycles. The molecule has 0 unspecified atom stereocenters.